The summed E-state index contributed by atoms with van der Waals surface area (Å²) in [4.78, 5) is 22.0. The van der Waals surface area contributed by atoms with Gasteiger partial charge in [-0.05, 0) is 18.1 Å². The van der Waals surface area contributed by atoms with Crippen LogP contribution in [0.2, 0.25) is 0 Å². The van der Waals surface area contributed by atoms with Crippen LogP contribution in [-0.2, 0) is 6.54 Å². The van der Waals surface area contributed by atoms with Gasteiger partial charge in [0.2, 0.25) is 0 Å². The highest BCUT2D eigenvalue weighted by molar-refractivity contribution is 7.99. The van der Waals surface area contributed by atoms with E-state index < -0.39 is 0 Å². The Morgan fingerprint density at radius 3 is 2.68 bits per heavy atom. The molecule has 0 aliphatic carbocycles. The third-order valence-electron chi connectivity index (χ3n) is 4.46. The Morgan fingerprint density at radius 2 is 1.97 bits per heavy atom. The number of hydrogen-bond acceptors (Lipinski definition) is 7. The topological polar surface area (TPSA) is 94.0 Å². The van der Waals surface area contributed by atoms with Gasteiger partial charge in [0.25, 0.3) is 5.91 Å². The van der Waals surface area contributed by atoms with Crippen molar-refractivity contribution in [1.29, 1.82) is 0 Å². The zero-order chi connectivity index (χ0) is 22.4. The van der Waals surface area contributed by atoms with E-state index in [1.54, 1.807) is 37.2 Å². The lowest BCUT2D eigenvalue weighted by atomic mass is 10.2. The van der Waals surface area contributed by atoms with Crippen LogP contribution >= 0.6 is 11.8 Å². The molecule has 0 spiro atoms. The van der Waals surface area contributed by atoms with Crippen molar-refractivity contribution in [3.63, 3.8) is 0 Å². The first kappa shape index (κ1) is 22.9. The highest BCUT2D eigenvalue weighted by Crippen LogP contribution is 2.26. The Hall–Kier alpha value is -2.81. The van der Waals surface area contributed by atoms with Gasteiger partial charge in [-0.2, -0.15) is 5.10 Å². The standard InChI is InChI=1S/C22H30N6O2S/c1-14(2)12-24-19-17-13-25-28(20(17)27-22(26-19)31-15(3)4)11-10-23-21(29)16-8-6-7-9-18(16)30-5/h6-9,13-15H,10-12H2,1-5H3,(H,23,29)(H,24,26,27). The Kier molecular flexibility index (Phi) is 7.73. The monoisotopic (exact) mass is 442 g/mol. The summed E-state index contributed by atoms with van der Waals surface area (Å²) < 4.78 is 7.08. The number of amides is 1. The number of para-hydroxylation sites is 1. The molecule has 0 unspecified atom stereocenters. The number of nitrogens with one attached hydrogen (secondary N) is 2. The SMILES string of the molecule is COc1ccccc1C(=O)NCCn1ncc2c(NCC(C)C)nc(SC(C)C)nc21. The fourth-order valence-corrected chi connectivity index (χ4v) is 3.71. The summed E-state index contributed by atoms with van der Waals surface area (Å²) in [5.41, 5.74) is 1.27. The molecule has 0 atom stereocenters. The molecule has 8 nitrogen and oxygen atoms in total. The fourth-order valence-electron chi connectivity index (χ4n) is 3.00. The van der Waals surface area contributed by atoms with Gasteiger partial charge >= 0.3 is 0 Å². The maximum Gasteiger partial charge on any atom is 0.255 e. The quantitative estimate of drug-likeness (QED) is 0.364. The summed E-state index contributed by atoms with van der Waals surface area (Å²) in [6.07, 6.45) is 1.78. The van der Waals surface area contributed by atoms with Crippen molar-refractivity contribution in [3.8, 4) is 5.75 Å². The number of ether oxygens (including phenoxy) is 1. The average Bonchev–Trinajstić information content (AvgIpc) is 3.14. The van der Waals surface area contributed by atoms with Crippen LogP contribution in [0, 0.1) is 5.92 Å². The third-order valence-corrected chi connectivity index (χ3v) is 5.32. The van der Waals surface area contributed by atoms with Gasteiger partial charge in [-0.15, -0.1) is 0 Å². The molecule has 166 valence electrons. The molecule has 2 heterocycles. The summed E-state index contributed by atoms with van der Waals surface area (Å²) in [5, 5.41) is 12.8. The number of benzene rings is 1. The van der Waals surface area contributed by atoms with Gasteiger partial charge in [-0.25, -0.2) is 14.6 Å². The number of anilines is 1. The van der Waals surface area contributed by atoms with Crippen LogP contribution in [0.15, 0.2) is 35.6 Å². The normalized spacial score (nSPS) is 11.3. The van der Waals surface area contributed by atoms with E-state index in [4.69, 9.17) is 14.7 Å². The molecule has 9 heteroatoms. The zero-order valence-corrected chi connectivity index (χ0v) is 19.5. The fraction of sp³-hybridized carbons (Fsp3) is 0.455. The Balaban J connectivity index is 1.77. The number of nitrogens with zero attached hydrogens (tertiary/aromatic N) is 4. The van der Waals surface area contributed by atoms with E-state index in [-0.39, 0.29) is 5.91 Å². The molecule has 0 saturated carbocycles. The molecule has 0 bridgehead atoms. The first-order valence-electron chi connectivity index (χ1n) is 10.4. The molecule has 0 radical (unpaired) electrons. The van der Waals surface area contributed by atoms with Gasteiger partial charge in [0.15, 0.2) is 10.8 Å². The predicted molar refractivity (Wildman–Crippen MR) is 125 cm³/mol. The van der Waals surface area contributed by atoms with Crippen LogP contribution in [0.5, 0.6) is 5.75 Å². The summed E-state index contributed by atoms with van der Waals surface area (Å²) in [5.74, 6) is 1.66. The summed E-state index contributed by atoms with van der Waals surface area (Å²) in [6.45, 7) is 10.3. The minimum atomic E-state index is -0.182. The van der Waals surface area contributed by atoms with Gasteiger partial charge in [-0.1, -0.05) is 51.6 Å². The van der Waals surface area contributed by atoms with E-state index in [9.17, 15) is 4.79 Å². The molecule has 2 N–H and O–H groups in total. The van der Waals surface area contributed by atoms with E-state index in [2.05, 4.69) is 43.4 Å². The maximum absolute atomic E-state index is 12.5. The molecule has 3 rings (SSSR count). The number of fused-ring (bicyclic) bond motifs is 1. The van der Waals surface area contributed by atoms with Gasteiger partial charge in [0.05, 0.1) is 30.8 Å². The summed E-state index contributed by atoms with van der Waals surface area (Å²) in [6, 6.07) is 7.16. The number of carbonyl (C=O) groups excluding carboxylic acids is 1. The van der Waals surface area contributed by atoms with Crippen LogP contribution in [-0.4, -0.2) is 51.1 Å². The molecule has 0 aliphatic rings. The summed E-state index contributed by atoms with van der Waals surface area (Å²) in [7, 11) is 1.55. The molecule has 2 aromatic heterocycles. The van der Waals surface area contributed by atoms with Crippen molar-refractivity contribution < 1.29 is 9.53 Å². The largest absolute Gasteiger partial charge is 0.496 e. The van der Waals surface area contributed by atoms with Crippen LogP contribution in [0.1, 0.15) is 38.1 Å². The average molecular weight is 443 g/mol. The van der Waals surface area contributed by atoms with Gasteiger partial charge < -0.3 is 15.4 Å². The van der Waals surface area contributed by atoms with Crippen molar-refractivity contribution in [1.82, 2.24) is 25.1 Å². The molecular formula is C22H30N6O2S. The third kappa shape index (κ3) is 5.88. The lowest BCUT2D eigenvalue weighted by Crippen LogP contribution is -2.28. The smallest absolute Gasteiger partial charge is 0.255 e. The molecule has 1 aromatic carbocycles. The maximum atomic E-state index is 12.5. The predicted octanol–water partition coefficient (Wildman–Crippen LogP) is 3.83. The summed E-state index contributed by atoms with van der Waals surface area (Å²) >= 11 is 1.62. The van der Waals surface area contributed by atoms with Crippen molar-refractivity contribution in [2.24, 2.45) is 5.92 Å². The van der Waals surface area contributed by atoms with E-state index in [1.807, 2.05) is 16.8 Å². The van der Waals surface area contributed by atoms with Crippen molar-refractivity contribution in [2.75, 3.05) is 25.5 Å². The van der Waals surface area contributed by atoms with Crippen LogP contribution in [0.4, 0.5) is 5.82 Å². The highest BCUT2D eigenvalue weighted by Gasteiger charge is 2.15. The second kappa shape index (κ2) is 10.5. The second-order valence-electron chi connectivity index (χ2n) is 7.86. The highest BCUT2D eigenvalue weighted by atomic mass is 32.2. The number of thioether (sulfide) groups is 1. The van der Waals surface area contributed by atoms with E-state index >= 15 is 0 Å². The first-order valence-corrected chi connectivity index (χ1v) is 11.3. The molecule has 31 heavy (non-hydrogen) atoms. The number of hydrogen-bond donors (Lipinski definition) is 2. The lowest BCUT2D eigenvalue weighted by Gasteiger charge is -2.12. The zero-order valence-electron chi connectivity index (χ0n) is 18.7. The van der Waals surface area contributed by atoms with Crippen LogP contribution < -0.4 is 15.4 Å². The molecular weight excluding hydrogens is 412 g/mol. The number of rotatable bonds is 10. The number of carbonyl (C=O) groups is 1. The Bertz CT molecular complexity index is 1030. The Labute approximate surface area is 187 Å². The Morgan fingerprint density at radius 1 is 1.19 bits per heavy atom. The molecule has 0 saturated heterocycles. The second-order valence-corrected chi connectivity index (χ2v) is 9.40. The molecule has 0 fully saturated rings. The lowest BCUT2D eigenvalue weighted by molar-refractivity contribution is 0.0949. The molecule has 0 aliphatic heterocycles. The van der Waals surface area contributed by atoms with Crippen LogP contribution in [0.3, 0.4) is 0 Å². The van der Waals surface area contributed by atoms with Gasteiger partial charge in [0, 0.05) is 18.3 Å². The number of aromatic nitrogens is 4. The minimum Gasteiger partial charge on any atom is -0.496 e. The molecule has 1 amide bonds. The number of methoxy groups -OCH3 is 1. The van der Waals surface area contributed by atoms with E-state index in [0.29, 0.717) is 40.7 Å². The minimum absolute atomic E-state index is 0.182. The first-order chi connectivity index (χ1) is 14.9. The van der Waals surface area contributed by atoms with Gasteiger partial charge in [0.1, 0.15) is 11.6 Å². The van der Waals surface area contributed by atoms with E-state index in [1.165, 1.54) is 0 Å². The van der Waals surface area contributed by atoms with Crippen molar-refractivity contribution in [2.45, 2.75) is 44.6 Å². The molecule has 3 aromatic rings. The van der Waals surface area contributed by atoms with E-state index in [0.717, 1.165) is 23.4 Å². The van der Waals surface area contributed by atoms with Crippen molar-refractivity contribution in [3.05, 3.63) is 36.0 Å². The van der Waals surface area contributed by atoms with Gasteiger partial charge in [-0.3, -0.25) is 4.79 Å². The van der Waals surface area contributed by atoms with Crippen molar-refractivity contribution >= 4 is 34.5 Å². The van der Waals surface area contributed by atoms with Crippen LogP contribution in [0.25, 0.3) is 11.0 Å².